The monoisotopic (exact) mass is 346 g/mol. The molecule has 0 radical (unpaired) electrons. The van der Waals surface area contributed by atoms with Crippen LogP contribution in [0.3, 0.4) is 0 Å². The lowest BCUT2D eigenvalue weighted by molar-refractivity contribution is -0.180. The van der Waals surface area contributed by atoms with Crippen LogP contribution in [-0.2, 0) is 4.74 Å². The van der Waals surface area contributed by atoms with Crippen molar-refractivity contribution in [3.8, 4) is 0 Å². The molecule has 0 unspecified atom stereocenters. The third kappa shape index (κ3) is 2.22. The van der Waals surface area contributed by atoms with Crippen molar-refractivity contribution in [3.63, 3.8) is 0 Å². The molecule has 1 saturated heterocycles. The number of aliphatic hydroxyl groups excluding tert-OH is 1. The second kappa shape index (κ2) is 5.47. The summed E-state index contributed by atoms with van der Waals surface area (Å²) in [6.07, 6.45) is 12.0. The molecule has 0 bridgehead atoms. The van der Waals surface area contributed by atoms with Gasteiger partial charge in [-0.05, 0) is 98.2 Å². The highest BCUT2D eigenvalue weighted by Gasteiger charge is 2.63. The Kier molecular flexibility index (Phi) is 3.73. The minimum absolute atomic E-state index is 0.0158. The molecule has 1 N–H and O–H groups in total. The van der Waals surface area contributed by atoms with Crippen molar-refractivity contribution in [3.05, 3.63) is 0 Å². The van der Waals surface area contributed by atoms with Gasteiger partial charge in [0.25, 0.3) is 0 Å². The molecule has 1 aliphatic heterocycles. The van der Waals surface area contributed by atoms with Crippen LogP contribution in [0.2, 0.25) is 0 Å². The second-order valence-electron chi connectivity index (χ2n) is 11.4. The van der Waals surface area contributed by atoms with E-state index in [9.17, 15) is 5.11 Å². The van der Waals surface area contributed by atoms with Gasteiger partial charge in [0.05, 0.1) is 19.3 Å². The molecule has 2 nitrogen and oxygen atoms in total. The van der Waals surface area contributed by atoms with E-state index in [1.807, 2.05) is 0 Å². The van der Waals surface area contributed by atoms with E-state index in [-0.39, 0.29) is 6.10 Å². The molecular weight excluding hydrogens is 308 g/mol. The van der Waals surface area contributed by atoms with E-state index in [1.54, 1.807) is 0 Å². The van der Waals surface area contributed by atoms with Crippen LogP contribution in [0.1, 0.15) is 78.6 Å². The van der Waals surface area contributed by atoms with E-state index >= 15 is 0 Å². The molecule has 25 heavy (non-hydrogen) atoms. The average Bonchev–Trinajstić information content (AvgIpc) is 2.91. The topological polar surface area (TPSA) is 29.5 Å². The summed E-state index contributed by atoms with van der Waals surface area (Å²) in [6.45, 7) is 9.78. The summed E-state index contributed by atoms with van der Waals surface area (Å²) in [7, 11) is 0. The predicted octanol–water partition coefficient (Wildman–Crippen LogP) is 5.04. The van der Waals surface area contributed by atoms with Gasteiger partial charge >= 0.3 is 0 Å². The van der Waals surface area contributed by atoms with E-state index in [0.717, 1.165) is 55.6 Å². The molecule has 4 saturated carbocycles. The fourth-order valence-corrected chi connectivity index (χ4v) is 9.01. The van der Waals surface area contributed by atoms with Crippen molar-refractivity contribution < 1.29 is 9.84 Å². The first-order chi connectivity index (χ1) is 11.9. The van der Waals surface area contributed by atoms with E-state index < -0.39 is 0 Å². The lowest BCUT2D eigenvalue weighted by atomic mass is 9.44. The molecule has 4 aliphatic carbocycles. The molecule has 0 aromatic rings. The van der Waals surface area contributed by atoms with E-state index in [0.29, 0.717) is 16.2 Å². The first-order valence-electron chi connectivity index (χ1n) is 11.1. The maximum atomic E-state index is 10.2. The molecule has 5 rings (SSSR count). The number of fused-ring (bicyclic) bond motifs is 5. The Labute approximate surface area is 154 Å². The summed E-state index contributed by atoms with van der Waals surface area (Å²) in [6, 6.07) is 0. The SMILES string of the molecule is CC1([C@H]2CC[C@H]3[C@@H]4CC[C@@H]5C[C@H](O)CC[C@]5(C)[C@H]4CC[C@]23C)COC1. The van der Waals surface area contributed by atoms with Crippen molar-refractivity contribution in [2.75, 3.05) is 13.2 Å². The van der Waals surface area contributed by atoms with Gasteiger partial charge in [-0.15, -0.1) is 0 Å². The summed E-state index contributed by atoms with van der Waals surface area (Å²) < 4.78 is 5.65. The summed E-state index contributed by atoms with van der Waals surface area (Å²) in [5.41, 5.74) is 1.55. The summed E-state index contributed by atoms with van der Waals surface area (Å²) in [4.78, 5) is 0. The van der Waals surface area contributed by atoms with Crippen LogP contribution < -0.4 is 0 Å². The van der Waals surface area contributed by atoms with Gasteiger partial charge in [-0.2, -0.15) is 0 Å². The van der Waals surface area contributed by atoms with Gasteiger partial charge in [-0.25, -0.2) is 0 Å². The van der Waals surface area contributed by atoms with Gasteiger partial charge in [-0.1, -0.05) is 20.8 Å². The van der Waals surface area contributed by atoms with Crippen molar-refractivity contribution >= 4 is 0 Å². The Morgan fingerprint density at radius 2 is 1.52 bits per heavy atom. The molecular formula is C23H38O2. The third-order valence-electron chi connectivity index (χ3n) is 10.3. The lowest BCUT2D eigenvalue weighted by Crippen LogP contribution is -2.56. The van der Waals surface area contributed by atoms with Gasteiger partial charge in [0, 0.05) is 5.41 Å². The zero-order chi connectivity index (χ0) is 17.4. The van der Waals surface area contributed by atoms with Gasteiger partial charge in [0.2, 0.25) is 0 Å². The molecule has 0 amide bonds. The summed E-state index contributed by atoms with van der Waals surface area (Å²) >= 11 is 0. The minimum Gasteiger partial charge on any atom is -0.393 e. The molecule has 2 heteroatoms. The first-order valence-corrected chi connectivity index (χ1v) is 11.1. The average molecular weight is 347 g/mol. The molecule has 0 spiro atoms. The second-order valence-corrected chi connectivity index (χ2v) is 11.4. The highest BCUT2D eigenvalue weighted by molar-refractivity contribution is 5.12. The largest absolute Gasteiger partial charge is 0.393 e. The van der Waals surface area contributed by atoms with Crippen LogP contribution in [0.25, 0.3) is 0 Å². The van der Waals surface area contributed by atoms with Crippen molar-refractivity contribution in [1.82, 2.24) is 0 Å². The van der Waals surface area contributed by atoms with Crippen LogP contribution in [0, 0.1) is 45.8 Å². The molecule has 5 aliphatic rings. The highest BCUT2D eigenvalue weighted by Crippen LogP contribution is 2.69. The Balaban J connectivity index is 1.42. The summed E-state index contributed by atoms with van der Waals surface area (Å²) in [5, 5.41) is 10.2. The number of hydrogen-bond donors (Lipinski definition) is 1. The standard InChI is InChI=1S/C23H38O2/c1-21(13-25-14-21)20-7-6-18-17-5-4-15-12-16(24)8-10-22(15,2)19(17)9-11-23(18,20)3/h15-20,24H,4-14H2,1-3H3/t15-,16-,17+,18+,19+,20-,22+,23+/m1/s1. The van der Waals surface area contributed by atoms with Gasteiger partial charge in [-0.3, -0.25) is 0 Å². The molecule has 5 fully saturated rings. The van der Waals surface area contributed by atoms with Gasteiger partial charge < -0.3 is 9.84 Å². The quantitative estimate of drug-likeness (QED) is 0.720. The fraction of sp³-hybridized carbons (Fsp3) is 1.00. The maximum Gasteiger partial charge on any atom is 0.0545 e. The first kappa shape index (κ1) is 17.0. The Bertz CT molecular complexity index is 540. The third-order valence-corrected chi connectivity index (χ3v) is 10.3. The zero-order valence-corrected chi connectivity index (χ0v) is 16.6. The minimum atomic E-state index is -0.0158. The Morgan fingerprint density at radius 1 is 0.800 bits per heavy atom. The van der Waals surface area contributed by atoms with Crippen molar-refractivity contribution in [1.29, 1.82) is 0 Å². The predicted molar refractivity (Wildman–Crippen MR) is 100 cm³/mol. The zero-order valence-electron chi connectivity index (χ0n) is 16.6. The molecule has 0 aromatic heterocycles. The van der Waals surface area contributed by atoms with Gasteiger partial charge in [0.1, 0.15) is 0 Å². The molecule has 1 heterocycles. The Morgan fingerprint density at radius 3 is 2.24 bits per heavy atom. The highest BCUT2D eigenvalue weighted by atomic mass is 16.5. The van der Waals surface area contributed by atoms with Crippen LogP contribution in [-0.4, -0.2) is 24.4 Å². The van der Waals surface area contributed by atoms with E-state index in [4.69, 9.17) is 4.74 Å². The van der Waals surface area contributed by atoms with Crippen LogP contribution in [0.4, 0.5) is 0 Å². The smallest absolute Gasteiger partial charge is 0.0545 e. The lowest BCUT2D eigenvalue weighted by Gasteiger charge is -2.62. The van der Waals surface area contributed by atoms with E-state index in [2.05, 4.69) is 20.8 Å². The summed E-state index contributed by atoms with van der Waals surface area (Å²) in [5.74, 6) is 4.53. The van der Waals surface area contributed by atoms with Gasteiger partial charge in [0.15, 0.2) is 0 Å². The number of hydrogen-bond acceptors (Lipinski definition) is 2. The Hall–Kier alpha value is -0.0800. The molecule has 142 valence electrons. The number of rotatable bonds is 1. The van der Waals surface area contributed by atoms with Crippen LogP contribution >= 0.6 is 0 Å². The van der Waals surface area contributed by atoms with Crippen LogP contribution in [0.15, 0.2) is 0 Å². The number of aliphatic hydroxyl groups is 1. The van der Waals surface area contributed by atoms with E-state index in [1.165, 1.54) is 44.9 Å². The number of ether oxygens (including phenoxy) is 1. The van der Waals surface area contributed by atoms with Crippen molar-refractivity contribution in [2.45, 2.75) is 84.7 Å². The fourth-order valence-electron chi connectivity index (χ4n) is 9.01. The van der Waals surface area contributed by atoms with Crippen molar-refractivity contribution in [2.24, 2.45) is 45.8 Å². The molecule has 8 atom stereocenters. The normalized spacial score (nSPS) is 57.1. The maximum absolute atomic E-state index is 10.2. The van der Waals surface area contributed by atoms with Crippen LogP contribution in [0.5, 0.6) is 0 Å². The molecule has 0 aromatic carbocycles.